The standard InChI is InChI=1S/C25H31N3O5/c1-4-26-22(30)19-20(23(26)31)25(2)24(32)27(16-8-6-5-7-9-16)14-18(29)28(25)21(19)15-10-12-17(33-3)13-11-15/h10-13,16,19-21H,4-9,14H2,1-3H3/t19-,20-,21-,25-/m1/s1. The molecule has 0 bridgehead atoms. The number of hydrogen-bond donors (Lipinski definition) is 0. The molecule has 1 aromatic carbocycles. The molecule has 33 heavy (non-hydrogen) atoms. The second-order valence-electron chi connectivity index (χ2n) is 9.78. The number of methoxy groups -OCH3 is 1. The highest BCUT2D eigenvalue weighted by atomic mass is 16.5. The molecular formula is C25H31N3O5. The zero-order chi connectivity index (χ0) is 23.5. The van der Waals surface area contributed by atoms with Crippen LogP contribution in [-0.4, -0.2) is 70.1 Å². The highest BCUT2D eigenvalue weighted by Crippen LogP contribution is 2.57. The molecule has 0 radical (unpaired) electrons. The number of carbonyl (C=O) groups excluding carboxylic acids is 4. The molecule has 4 atom stereocenters. The topological polar surface area (TPSA) is 87.2 Å². The molecule has 4 amide bonds. The first-order valence-corrected chi connectivity index (χ1v) is 12.0. The molecule has 5 rings (SSSR count). The maximum atomic E-state index is 14.1. The van der Waals surface area contributed by atoms with Gasteiger partial charge in [0.05, 0.1) is 25.0 Å². The molecular weight excluding hydrogens is 422 g/mol. The van der Waals surface area contributed by atoms with Gasteiger partial charge >= 0.3 is 0 Å². The summed E-state index contributed by atoms with van der Waals surface area (Å²) in [6.45, 7) is 3.73. The van der Waals surface area contributed by atoms with Crippen molar-refractivity contribution in [3.63, 3.8) is 0 Å². The first-order chi connectivity index (χ1) is 15.8. The molecule has 3 saturated heterocycles. The number of rotatable bonds is 4. The minimum Gasteiger partial charge on any atom is -0.497 e. The van der Waals surface area contributed by atoms with Gasteiger partial charge in [-0.2, -0.15) is 0 Å². The van der Waals surface area contributed by atoms with Crippen molar-refractivity contribution in [3.8, 4) is 5.75 Å². The largest absolute Gasteiger partial charge is 0.497 e. The summed E-state index contributed by atoms with van der Waals surface area (Å²) in [5.74, 6) is -2.02. The first-order valence-electron chi connectivity index (χ1n) is 12.0. The van der Waals surface area contributed by atoms with Crippen molar-refractivity contribution in [3.05, 3.63) is 29.8 Å². The lowest BCUT2D eigenvalue weighted by atomic mass is 9.78. The highest BCUT2D eigenvalue weighted by Gasteiger charge is 2.73. The predicted octanol–water partition coefficient (Wildman–Crippen LogP) is 2.13. The molecule has 8 nitrogen and oxygen atoms in total. The van der Waals surface area contributed by atoms with Gasteiger partial charge in [0.25, 0.3) is 0 Å². The molecule has 1 aliphatic carbocycles. The summed E-state index contributed by atoms with van der Waals surface area (Å²) in [6.07, 6.45) is 4.95. The SMILES string of the molecule is CCN1C(=O)[C@H]2[C@@H](c3ccc(OC)cc3)N3C(=O)CN(C4CCCCC4)C(=O)[C@@]3(C)[C@H]2C1=O. The van der Waals surface area contributed by atoms with Crippen LogP contribution in [0.2, 0.25) is 0 Å². The Bertz CT molecular complexity index is 1000. The van der Waals surface area contributed by atoms with Gasteiger partial charge in [-0.15, -0.1) is 0 Å². The summed E-state index contributed by atoms with van der Waals surface area (Å²) < 4.78 is 5.27. The van der Waals surface area contributed by atoms with Crippen LogP contribution in [0.15, 0.2) is 24.3 Å². The van der Waals surface area contributed by atoms with Crippen LogP contribution in [0.25, 0.3) is 0 Å². The zero-order valence-corrected chi connectivity index (χ0v) is 19.5. The number of carbonyl (C=O) groups is 4. The van der Waals surface area contributed by atoms with Crippen molar-refractivity contribution < 1.29 is 23.9 Å². The Morgan fingerprint density at radius 2 is 1.67 bits per heavy atom. The lowest BCUT2D eigenvalue weighted by Crippen LogP contribution is -2.69. The molecule has 176 valence electrons. The third-order valence-corrected chi connectivity index (χ3v) is 8.22. The summed E-state index contributed by atoms with van der Waals surface area (Å²) in [4.78, 5) is 59.2. The van der Waals surface area contributed by atoms with Crippen molar-refractivity contribution >= 4 is 23.6 Å². The zero-order valence-electron chi connectivity index (χ0n) is 19.5. The molecule has 4 aliphatic rings. The molecule has 1 saturated carbocycles. The Hall–Kier alpha value is -2.90. The third-order valence-electron chi connectivity index (χ3n) is 8.22. The Morgan fingerprint density at radius 3 is 2.27 bits per heavy atom. The summed E-state index contributed by atoms with van der Waals surface area (Å²) in [6, 6.07) is 6.56. The second kappa shape index (κ2) is 7.85. The van der Waals surface area contributed by atoms with Crippen LogP contribution >= 0.6 is 0 Å². The number of benzene rings is 1. The van der Waals surface area contributed by atoms with Gasteiger partial charge in [0.1, 0.15) is 17.8 Å². The Kier molecular flexibility index (Phi) is 5.21. The minimum atomic E-state index is -1.38. The number of amides is 4. The van der Waals surface area contributed by atoms with Crippen LogP contribution < -0.4 is 4.74 Å². The highest BCUT2D eigenvalue weighted by molar-refractivity contribution is 6.12. The molecule has 0 aromatic heterocycles. The lowest BCUT2D eigenvalue weighted by Gasteiger charge is -2.49. The van der Waals surface area contributed by atoms with Gasteiger partial charge in [-0.3, -0.25) is 24.1 Å². The van der Waals surface area contributed by atoms with E-state index in [0.717, 1.165) is 37.7 Å². The molecule has 3 aliphatic heterocycles. The maximum absolute atomic E-state index is 14.1. The molecule has 3 heterocycles. The Morgan fingerprint density at radius 1 is 1.00 bits per heavy atom. The van der Waals surface area contributed by atoms with Crippen LogP contribution in [0.3, 0.4) is 0 Å². The van der Waals surface area contributed by atoms with Crippen molar-refractivity contribution in [1.29, 1.82) is 0 Å². The van der Waals surface area contributed by atoms with E-state index in [0.29, 0.717) is 5.75 Å². The van der Waals surface area contributed by atoms with E-state index in [9.17, 15) is 19.2 Å². The number of nitrogens with zero attached hydrogens (tertiary/aromatic N) is 3. The summed E-state index contributed by atoms with van der Waals surface area (Å²) in [7, 11) is 1.57. The summed E-state index contributed by atoms with van der Waals surface area (Å²) >= 11 is 0. The van der Waals surface area contributed by atoms with E-state index >= 15 is 0 Å². The van der Waals surface area contributed by atoms with Gasteiger partial charge in [0, 0.05) is 12.6 Å². The van der Waals surface area contributed by atoms with Crippen molar-refractivity contribution in [2.75, 3.05) is 20.2 Å². The Labute approximate surface area is 193 Å². The quantitative estimate of drug-likeness (QED) is 0.652. The molecule has 0 N–H and O–H groups in total. The average Bonchev–Trinajstić information content (AvgIpc) is 3.27. The van der Waals surface area contributed by atoms with Crippen molar-refractivity contribution in [2.24, 2.45) is 11.8 Å². The lowest BCUT2D eigenvalue weighted by molar-refractivity contribution is -0.170. The van der Waals surface area contributed by atoms with E-state index in [4.69, 9.17) is 4.74 Å². The molecule has 0 spiro atoms. The van der Waals surface area contributed by atoms with Crippen molar-refractivity contribution in [1.82, 2.24) is 14.7 Å². The van der Waals surface area contributed by atoms with E-state index in [1.165, 1.54) is 4.90 Å². The molecule has 1 aromatic rings. The van der Waals surface area contributed by atoms with Crippen molar-refractivity contribution in [2.45, 2.75) is 63.6 Å². The molecule has 0 unspecified atom stereocenters. The van der Waals surface area contributed by atoms with Crippen LogP contribution in [0.5, 0.6) is 5.75 Å². The van der Waals surface area contributed by atoms with E-state index in [2.05, 4.69) is 0 Å². The van der Waals surface area contributed by atoms with Gasteiger partial charge in [-0.25, -0.2) is 0 Å². The van der Waals surface area contributed by atoms with Gasteiger partial charge < -0.3 is 14.5 Å². The van der Waals surface area contributed by atoms with Crippen LogP contribution in [-0.2, 0) is 19.2 Å². The van der Waals surface area contributed by atoms with E-state index in [-0.39, 0.29) is 42.8 Å². The second-order valence-corrected chi connectivity index (χ2v) is 9.78. The van der Waals surface area contributed by atoms with E-state index < -0.39 is 23.4 Å². The number of hydrogen-bond acceptors (Lipinski definition) is 5. The van der Waals surface area contributed by atoms with Crippen LogP contribution in [0, 0.1) is 11.8 Å². The van der Waals surface area contributed by atoms with E-state index in [1.54, 1.807) is 42.9 Å². The fourth-order valence-corrected chi connectivity index (χ4v) is 6.65. The molecule has 4 fully saturated rings. The number of ether oxygens (including phenoxy) is 1. The number of imide groups is 1. The first kappa shape index (κ1) is 21.9. The fourth-order valence-electron chi connectivity index (χ4n) is 6.65. The van der Waals surface area contributed by atoms with E-state index in [1.807, 2.05) is 12.1 Å². The normalized spacial score (nSPS) is 32.5. The van der Waals surface area contributed by atoms with Crippen LogP contribution in [0.4, 0.5) is 0 Å². The minimum absolute atomic E-state index is 0.00502. The summed E-state index contributed by atoms with van der Waals surface area (Å²) in [5, 5.41) is 0. The number of piperazine rings is 1. The monoisotopic (exact) mass is 453 g/mol. The molecule has 8 heteroatoms. The van der Waals surface area contributed by atoms with Gasteiger partial charge in [0.15, 0.2) is 0 Å². The number of fused-ring (bicyclic) bond motifs is 3. The van der Waals surface area contributed by atoms with Crippen LogP contribution in [0.1, 0.15) is 57.6 Å². The van der Waals surface area contributed by atoms with Gasteiger partial charge in [-0.1, -0.05) is 31.4 Å². The average molecular weight is 454 g/mol. The summed E-state index contributed by atoms with van der Waals surface area (Å²) in [5.41, 5.74) is -0.639. The fraction of sp³-hybridized carbons (Fsp3) is 0.600. The Balaban J connectivity index is 1.62. The van der Waals surface area contributed by atoms with Gasteiger partial charge in [0.2, 0.25) is 23.6 Å². The smallest absolute Gasteiger partial charge is 0.249 e. The predicted molar refractivity (Wildman–Crippen MR) is 119 cm³/mol. The number of likely N-dealkylation sites (tertiary alicyclic amines) is 1. The third kappa shape index (κ3) is 2.95. The van der Waals surface area contributed by atoms with Gasteiger partial charge in [-0.05, 0) is 44.4 Å². The maximum Gasteiger partial charge on any atom is 0.249 e.